The molecule has 3 aromatic rings. The normalized spacial score (nSPS) is 20.2. The number of hydrogen-bond acceptors (Lipinski definition) is 6. The largest absolute Gasteiger partial charge is 0.378 e. The minimum absolute atomic E-state index is 0.0834. The molecule has 0 radical (unpaired) electrons. The highest BCUT2D eigenvalue weighted by Gasteiger charge is 2.27. The van der Waals surface area contributed by atoms with E-state index < -0.39 is 5.82 Å². The van der Waals surface area contributed by atoms with Crippen LogP contribution >= 0.6 is 11.6 Å². The third kappa shape index (κ3) is 4.19. The van der Waals surface area contributed by atoms with Gasteiger partial charge in [-0.25, -0.2) is 14.4 Å². The monoisotopic (exact) mass is 484 g/mol. The van der Waals surface area contributed by atoms with Gasteiger partial charge in [0, 0.05) is 43.2 Å². The van der Waals surface area contributed by atoms with Crippen LogP contribution in [0.15, 0.2) is 29.1 Å². The molecule has 2 fully saturated rings. The fraction of sp³-hybridized carbons (Fsp3) is 0.480. The maximum Gasteiger partial charge on any atom is 0.261 e. The second-order valence-corrected chi connectivity index (χ2v) is 9.79. The first kappa shape index (κ1) is 21.9. The molecule has 0 bridgehead atoms. The molecule has 1 aromatic carbocycles. The van der Waals surface area contributed by atoms with Gasteiger partial charge in [-0.3, -0.25) is 9.36 Å². The molecule has 7 nitrogen and oxygen atoms in total. The molecule has 3 aliphatic rings. The number of anilines is 1. The van der Waals surface area contributed by atoms with Gasteiger partial charge in [0.05, 0.1) is 24.7 Å². The Hall–Kier alpha value is -2.55. The van der Waals surface area contributed by atoms with Crippen LogP contribution in [0, 0.1) is 11.7 Å². The van der Waals surface area contributed by atoms with Crippen molar-refractivity contribution in [3.63, 3.8) is 0 Å². The van der Waals surface area contributed by atoms with Crippen LogP contribution in [-0.4, -0.2) is 53.5 Å². The lowest BCUT2D eigenvalue weighted by Gasteiger charge is -2.34. The molecule has 34 heavy (non-hydrogen) atoms. The number of rotatable bonds is 6. The molecular weight excluding hydrogens is 459 g/mol. The Labute approximate surface area is 201 Å². The second kappa shape index (κ2) is 8.91. The minimum atomic E-state index is -0.491. The number of ether oxygens (including phenoxy) is 2. The first-order valence-electron chi connectivity index (χ1n) is 11.9. The summed E-state index contributed by atoms with van der Waals surface area (Å²) < 4.78 is 28.5. The van der Waals surface area contributed by atoms with Crippen molar-refractivity contribution in [2.75, 3.05) is 37.8 Å². The van der Waals surface area contributed by atoms with E-state index in [-0.39, 0.29) is 17.2 Å². The summed E-state index contributed by atoms with van der Waals surface area (Å²) in [5, 5.41) is 0.755. The number of aromatic nitrogens is 3. The molecular formula is C25H26ClFN4O3. The van der Waals surface area contributed by atoms with Crippen molar-refractivity contribution >= 4 is 28.3 Å². The molecule has 1 aliphatic carbocycles. The van der Waals surface area contributed by atoms with Crippen molar-refractivity contribution in [1.82, 2.24) is 14.5 Å². The van der Waals surface area contributed by atoms with E-state index in [1.807, 2.05) is 0 Å². The lowest BCUT2D eigenvalue weighted by molar-refractivity contribution is -0.0259. The number of benzene rings is 1. The van der Waals surface area contributed by atoms with E-state index >= 15 is 0 Å². The van der Waals surface area contributed by atoms with Crippen LogP contribution in [0.5, 0.6) is 0 Å². The fourth-order valence-electron chi connectivity index (χ4n) is 4.78. The summed E-state index contributed by atoms with van der Waals surface area (Å²) in [6, 6.07) is 6.28. The van der Waals surface area contributed by atoms with Gasteiger partial charge in [0.25, 0.3) is 5.56 Å². The lowest BCUT2D eigenvalue weighted by atomic mass is 10.1. The third-order valence-electron chi connectivity index (χ3n) is 6.79. The molecule has 6 rings (SSSR count). The summed E-state index contributed by atoms with van der Waals surface area (Å²) >= 11 is 6.00. The molecule has 2 aromatic heterocycles. The van der Waals surface area contributed by atoms with Crippen molar-refractivity contribution in [3.05, 3.63) is 51.3 Å². The Balaban J connectivity index is 1.41. The summed E-state index contributed by atoms with van der Waals surface area (Å²) in [5.74, 6) is 1.54. The van der Waals surface area contributed by atoms with Gasteiger partial charge < -0.3 is 14.4 Å². The van der Waals surface area contributed by atoms with Gasteiger partial charge in [-0.2, -0.15) is 0 Å². The Morgan fingerprint density at radius 1 is 1.18 bits per heavy atom. The molecule has 1 atom stereocenters. The third-order valence-corrected chi connectivity index (χ3v) is 7.03. The zero-order chi connectivity index (χ0) is 23.2. The van der Waals surface area contributed by atoms with E-state index in [4.69, 9.17) is 31.0 Å². The molecule has 9 heteroatoms. The Morgan fingerprint density at radius 3 is 2.88 bits per heavy atom. The zero-order valence-electron chi connectivity index (χ0n) is 18.8. The molecule has 1 unspecified atom stereocenters. The van der Waals surface area contributed by atoms with Crippen LogP contribution in [0.3, 0.4) is 0 Å². The van der Waals surface area contributed by atoms with Crippen LogP contribution in [-0.2, 0) is 22.4 Å². The van der Waals surface area contributed by atoms with E-state index in [9.17, 15) is 9.18 Å². The fourth-order valence-corrected chi connectivity index (χ4v) is 4.94. The van der Waals surface area contributed by atoms with Crippen molar-refractivity contribution in [1.29, 1.82) is 0 Å². The molecule has 0 amide bonds. The number of fused-ring (bicyclic) bond motifs is 2. The maximum atomic E-state index is 15.0. The average molecular weight is 485 g/mol. The molecule has 4 heterocycles. The van der Waals surface area contributed by atoms with Crippen LogP contribution < -0.4 is 10.5 Å². The van der Waals surface area contributed by atoms with Crippen molar-refractivity contribution in [2.45, 2.75) is 38.3 Å². The minimum Gasteiger partial charge on any atom is -0.378 e. The maximum absolute atomic E-state index is 15.0. The van der Waals surface area contributed by atoms with Crippen LogP contribution in [0.2, 0.25) is 5.02 Å². The topological polar surface area (TPSA) is 69.5 Å². The van der Waals surface area contributed by atoms with Crippen molar-refractivity contribution < 1.29 is 13.9 Å². The Kier molecular flexibility index (Phi) is 5.75. The second-order valence-electron chi connectivity index (χ2n) is 9.36. The van der Waals surface area contributed by atoms with Crippen LogP contribution in [0.4, 0.5) is 10.2 Å². The van der Waals surface area contributed by atoms with Gasteiger partial charge >= 0.3 is 0 Å². The van der Waals surface area contributed by atoms with Gasteiger partial charge in [0.1, 0.15) is 28.7 Å². The highest BCUT2D eigenvalue weighted by Crippen LogP contribution is 2.32. The number of halogens is 2. The first-order valence-corrected chi connectivity index (χ1v) is 12.3. The van der Waals surface area contributed by atoms with E-state index in [1.165, 1.54) is 18.9 Å². The van der Waals surface area contributed by atoms with Gasteiger partial charge in [-0.1, -0.05) is 11.6 Å². The predicted octanol–water partition coefficient (Wildman–Crippen LogP) is 3.83. The van der Waals surface area contributed by atoms with Gasteiger partial charge in [-0.05, 0) is 49.4 Å². The number of nitrogens with zero attached hydrogens (tertiary/aromatic N) is 4. The van der Waals surface area contributed by atoms with E-state index in [1.54, 1.807) is 22.8 Å². The molecule has 1 saturated carbocycles. The number of hydrogen-bond donors (Lipinski definition) is 0. The summed E-state index contributed by atoms with van der Waals surface area (Å²) in [4.78, 5) is 25.1. The van der Waals surface area contributed by atoms with Crippen molar-refractivity contribution in [3.8, 4) is 11.3 Å². The smallest absolute Gasteiger partial charge is 0.261 e. The van der Waals surface area contributed by atoms with Crippen LogP contribution in [0.25, 0.3) is 22.2 Å². The summed E-state index contributed by atoms with van der Waals surface area (Å²) in [6.07, 6.45) is 4.00. The molecule has 178 valence electrons. The van der Waals surface area contributed by atoms with Crippen LogP contribution in [0.1, 0.15) is 25.1 Å². The number of aryl methyl sites for hydroxylation is 1. The Bertz CT molecular complexity index is 1310. The highest BCUT2D eigenvalue weighted by atomic mass is 35.5. The zero-order valence-corrected chi connectivity index (χ0v) is 19.6. The lowest BCUT2D eigenvalue weighted by Crippen LogP contribution is -2.45. The SMILES string of the molecule is O=c1c2cc(N3CCOC(COCC4CC4)C3)nc(-c3ccc(Cl)cc3F)c2nc2n1CCC2. The van der Waals surface area contributed by atoms with E-state index in [2.05, 4.69) is 4.90 Å². The number of pyridine rings is 1. The Morgan fingerprint density at radius 2 is 2.06 bits per heavy atom. The van der Waals surface area contributed by atoms with Gasteiger partial charge in [0.2, 0.25) is 0 Å². The van der Waals surface area contributed by atoms with Gasteiger partial charge in [0.15, 0.2) is 0 Å². The molecule has 0 spiro atoms. The quantitative estimate of drug-likeness (QED) is 0.529. The predicted molar refractivity (Wildman–Crippen MR) is 128 cm³/mol. The standard InChI is InChI=1S/C25H26ClFN4O3/c26-16-5-6-18(20(27)10-16)23-24-19(25(32)31-7-1-2-21(31)28-24)11-22(29-23)30-8-9-34-17(12-30)14-33-13-15-3-4-15/h5-6,10-11,15,17H,1-4,7-9,12-14H2. The average Bonchev–Trinajstić information content (AvgIpc) is 3.53. The highest BCUT2D eigenvalue weighted by molar-refractivity contribution is 6.30. The summed E-state index contributed by atoms with van der Waals surface area (Å²) in [6.45, 7) is 3.70. The first-order chi connectivity index (χ1) is 16.6. The summed E-state index contributed by atoms with van der Waals surface area (Å²) in [5.41, 5.74) is 0.973. The van der Waals surface area contributed by atoms with E-state index in [0.29, 0.717) is 66.2 Å². The summed E-state index contributed by atoms with van der Waals surface area (Å²) in [7, 11) is 0. The number of morpholine rings is 1. The molecule has 1 saturated heterocycles. The molecule has 0 N–H and O–H groups in total. The van der Waals surface area contributed by atoms with Crippen molar-refractivity contribution in [2.24, 2.45) is 5.92 Å². The molecule has 2 aliphatic heterocycles. The van der Waals surface area contributed by atoms with E-state index in [0.717, 1.165) is 25.3 Å². The van der Waals surface area contributed by atoms with Gasteiger partial charge in [-0.15, -0.1) is 0 Å².